The molecule has 1 amide bonds. The van der Waals surface area contributed by atoms with Gasteiger partial charge in [-0.15, -0.1) is 0 Å². The Morgan fingerprint density at radius 2 is 2.00 bits per heavy atom. The molecule has 4 nitrogen and oxygen atoms in total. The molecular weight excluding hydrogens is 254 g/mol. The number of amides is 1. The van der Waals surface area contributed by atoms with Crippen LogP contribution in [0.15, 0.2) is 18.2 Å². The molecule has 0 aromatic heterocycles. The highest BCUT2D eigenvalue weighted by molar-refractivity contribution is 6.02. The molecular formula is C16H21NO3. The number of Topliss-reactive ketones (excluding diaryl/α,β-unsaturated/α-hetero) is 1. The SMILES string of the molecule is CC1Oc2ccc(C(=O)CC(C)(C)C)cc2N(C)C1=O. The summed E-state index contributed by atoms with van der Waals surface area (Å²) in [5, 5.41) is 0. The molecule has 20 heavy (non-hydrogen) atoms. The minimum Gasteiger partial charge on any atom is -0.479 e. The predicted octanol–water partition coefficient (Wildman–Crippen LogP) is 3.05. The topological polar surface area (TPSA) is 46.6 Å². The zero-order valence-corrected chi connectivity index (χ0v) is 12.7. The van der Waals surface area contributed by atoms with E-state index < -0.39 is 6.10 Å². The summed E-state index contributed by atoms with van der Waals surface area (Å²) in [5.41, 5.74) is 1.23. The fourth-order valence-electron chi connectivity index (χ4n) is 2.27. The Labute approximate surface area is 119 Å². The number of rotatable bonds is 2. The summed E-state index contributed by atoms with van der Waals surface area (Å²) in [6, 6.07) is 5.28. The number of likely N-dealkylation sites (N-methyl/N-ethyl adjacent to an activating group) is 1. The zero-order valence-electron chi connectivity index (χ0n) is 12.7. The lowest BCUT2D eigenvalue weighted by atomic mass is 9.87. The fraction of sp³-hybridized carbons (Fsp3) is 0.500. The Morgan fingerprint density at radius 3 is 2.60 bits per heavy atom. The number of benzene rings is 1. The summed E-state index contributed by atoms with van der Waals surface area (Å²) >= 11 is 0. The van der Waals surface area contributed by atoms with Gasteiger partial charge < -0.3 is 9.64 Å². The van der Waals surface area contributed by atoms with Crippen molar-refractivity contribution in [2.45, 2.75) is 40.2 Å². The molecule has 0 N–H and O–H groups in total. The van der Waals surface area contributed by atoms with E-state index in [1.54, 1.807) is 37.1 Å². The number of ketones is 1. The monoisotopic (exact) mass is 275 g/mol. The summed E-state index contributed by atoms with van der Waals surface area (Å²) in [5.74, 6) is 0.629. The lowest BCUT2D eigenvalue weighted by molar-refractivity contribution is -0.125. The Hall–Kier alpha value is -1.84. The molecule has 0 spiro atoms. The molecule has 0 fully saturated rings. The third-order valence-corrected chi connectivity index (χ3v) is 3.32. The summed E-state index contributed by atoms with van der Waals surface area (Å²) < 4.78 is 5.55. The first-order valence-corrected chi connectivity index (χ1v) is 6.80. The van der Waals surface area contributed by atoms with Gasteiger partial charge in [-0.2, -0.15) is 0 Å². The number of hydrogen-bond acceptors (Lipinski definition) is 3. The molecule has 108 valence electrons. The minimum atomic E-state index is -0.483. The van der Waals surface area contributed by atoms with Crippen molar-refractivity contribution in [1.82, 2.24) is 0 Å². The quantitative estimate of drug-likeness (QED) is 0.779. The van der Waals surface area contributed by atoms with Gasteiger partial charge in [-0.05, 0) is 30.5 Å². The Morgan fingerprint density at radius 1 is 1.35 bits per heavy atom. The minimum absolute atomic E-state index is 0.0558. The van der Waals surface area contributed by atoms with Crippen molar-refractivity contribution >= 4 is 17.4 Å². The molecule has 0 bridgehead atoms. The van der Waals surface area contributed by atoms with Gasteiger partial charge in [-0.3, -0.25) is 9.59 Å². The zero-order chi connectivity index (χ0) is 15.1. The number of carbonyl (C=O) groups excluding carboxylic acids is 2. The molecule has 4 heteroatoms. The lowest BCUT2D eigenvalue weighted by Crippen LogP contribution is -2.42. The summed E-state index contributed by atoms with van der Waals surface area (Å²) in [4.78, 5) is 25.7. The second-order valence-electron chi connectivity index (χ2n) is 6.50. The van der Waals surface area contributed by atoms with Gasteiger partial charge in [-0.25, -0.2) is 0 Å². The van der Waals surface area contributed by atoms with Crippen molar-refractivity contribution in [3.05, 3.63) is 23.8 Å². The second-order valence-corrected chi connectivity index (χ2v) is 6.50. The third-order valence-electron chi connectivity index (χ3n) is 3.32. The molecule has 1 unspecified atom stereocenters. The molecule has 0 radical (unpaired) electrons. The molecule has 1 heterocycles. The number of nitrogens with zero attached hydrogens (tertiary/aromatic N) is 1. The maximum atomic E-state index is 12.3. The van der Waals surface area contributed by atoms with E-state index >= 15 is 0 Å². The van der Waals surface area contributed by atoms with Crippen LogP contribution in [0.25, 0.3) is 0 Å². The van der Waals surface area contributed by atoms with E-state index in [1.165, 1.54) is 0 Å². The smallest absolute Gasteiger partial charge is 0.267 e. The van der Waals surface area contributed by atoms with Crippen LogP contribution in [-0.4, -0.2) is 24.8 Å². The van der Waals surface area contributed by atoms with Crippen LogP contribution < -0.4 is 9.64 Å². The maximum Gasteiger partial charge on any atom is 0.267 e. The van der Waals surface area contributed by atoms with Crippen molar-refractivity contribution in [3.8, 4) is 5.75 Å². The average Bonchev–Trinajstić information content (AvgIpc) is 2.34. The van der Waals surface area contributed by atoms with E-state index in [0.29, 0.717) is 23.4 Å². The van der Waals surface area contributed by atoms with Crippen molar-refractivity contribution in [2.75, 3.05) is 11.9 Å². The van der Waals surface area contributed by atoms with Gasteiger partial charge in [0.1, 0.15) is 5.75 Å². The van der Waals surface area contributed by atoms with E-state index in [1.807, 2.05) is 20.8 Å². The summed E-state index contributed by atoms with van der Waals surface area (Å²) in [6.45, 7) is 7.82. The highest BCUT2D eigenvalue weighted by Crippen LogP contribution is 2.34. The molecule has 1 atom stereocenters. The Balaban J connectivity index is 2.33. The first-order valence-electron chi connectivity index (χ1n) is 6.80. The number of carbonyl (C=O) groups is 2. The number of ether oxygens (including phenoxy) is 1. The molecule has 1 aromatic carbocycles. The average molecular weight is 275 g/mol. The molecule has 2 rings (SSSR count). The maximum absolute atomic E-state index is 12.3. The van der Waals surface area contributed by atoms with Gasteiger partial charge in [-0.1, -0.05) is 20.8 Å². The molecule has 1 aromatic rings. The molecule has 0 saturated carbocycles. The van der Waals surface area contributed by atoms with Crippen LogP contribution in [0.2, 0.25) is 0 Å². The van der Waals surface area contributed by atoms with Gasteiger partial charge in [0.25, 0.3) is 5.91 Å². The van der Waals surface area contributed by atoms with Crippen LogP contribution in [0.5, 0.6) is 5.75 Å². The van der Waals surface area contributed by atoms with Crippen molar-refractivity contribution in [2.24, 2.45) is 5.41 Å². The van der Waals surface area contributed by atoms with Gasteiger partial charge in [0.05, 0.1) is 5.69 Å². The Bertz CT molecular complexity index is 557. The number of anilines is 1. The van der Waals surface area contributed by atoms with Crippen LogP contribution in [0, 0.1) is 5.41 Å². The fourth-order valence-corrected chi connectivity index (χ4v) is 2.27. The van der Waals surface area contributed by atoms with Gasteiger partial charge in [0.15, 0.2) is 11.9 Å². The normalized spacial score (nSPS) is 18.6. The second kappa shape index (κ2) is 4.93. The lowest BCUT2D eigenvalue weighted by Gasteiger charge is -2.30. The van der Waals surface area contributed by atoms with Gasteiger partial charge in [0, 0.05) is 19.0 Å². The highest BCUT2D eigenvalue weighted by atomic mass is 16.5. The standard InChI is InChI=1S/C16H21NO3/c1-10-15(19)17(5)12-8-11(6-7-14(12)20-10)13(18)9-16(2,3)4/h6-8,10H,9H2,1-5H3. The van der Waals surface area contributed by atoms with E-state index in [9.17, 15) is 9.59 Å². The van der Waals surface area contributed by atoms with Gasteiger partial charge in [0.2, 0.25) is 0 Å². The first kappa shape index (κ1) is 14.6. The summed E-state index contributed by atoms with van der Waals surface area (Å²) in [7, 11) is 1.71. The number of hydrogen-bond donors (Lipinski definition) is 0. The van der Waals surface area contributed by atoms with Crippen molar-refractivity contribution < 1.29 is 14.3 Å². The van der Waals surface area contributed by atoms with Crippen LogP contribution in [0.1, 0.15) is 44.5 Å². The van der Waals surface area contributed by atoms with E-state index in [4.69, 9.17) is 4.74 Å². The van der Waals surface area contributed by atoms with Crippen LogP contribution in [-0.2, 0) is 4.79 Å². The van der Waals surface area contributed by atoms with Gasteiger partial charge >= 0.3 is 0 Å². The van der Waals surface area contributed by atoms with E-state index in [2.05, 4.69) is 0 Å². The number of fused-ring (bicyclic) bond motifs is 1. The van der Waals surface area contributed by atoms with E-state index in [0.717, 1.165) is 0 Å². The Kier molecular flexibility index (Phi) is 3.59. The van der Waals surface area contributed by atoms with Crippen molar-refractivity contribution in [3.63, 3.8) is 0 Å². The largest absolute Gasteiger partial charge is 0.479 e. The predicted molar refractivity (Wildman–Crippen MR) is 78.3 cm³/mol. The van der Waals surface area contributed by atoms with Crippen LogP contribution in [0.4, 0.5) is 5.69 Å². The first-order chi connectivity index (χ1) is 9.19. The molecule has 0 aliphatic carbocycles. The van der Waals surface area contributed by atoms with Crippen LogP contribution >= 0.6 is 0 Å². The van der Waals surface area contributed by atoms with Crippen LogP contribution in [0.3, 0.4) is 0 Å². The van der Waals surface area contributed by atoms with E-state index in [-0.39, 0.29) is 17.1 Å². The molecule has 0 saturated heterocycles. The third kappa shape index (κ3) is 2.84. The molecule has 1 aliphatic rings. The highest BCUT2D eigenvalue weighted by Gasteiger charge is 2.29. The summed E-state index contributed by atoms with van der Waals surface area (Å²) in [6.07, 6.45) is -0.00983. The molecule has 1 aliphatic heterocycles. The van der Waals surface area contributed by atoms with Crippen molar-refractivity contribution in [1.29, 1.82) is 0 Å².